The summed E-state index contributed by atoms with van der Waals surface area (Å²) in [6.45, 7) is 24.2. The summed E-state index contributed by atoms with van der Waals surface area (Å²) in [6.07, 6.45) is -1.73. The highest BCUT2D eigenvalue weighted by molar-refractivity contribution is 6.26. The van der Waals surface area contributed by atoms with Gasteiger partial charge in [0, 0.05) is 61.3 Å². The van der Waals surface area contributed by atoms with E-state index in [0.717, 1.165) is 5.57 Å². The van der Waals surface area contributed by atoms with E-state index in [4.69, 9.17) is 67.3 Å². The molecule has 0 radical (unpaired) electrons. The van der Waals surface area contributed by atoms with E-state index in [2.05, 4.69) is 25.2 Å². The normalized spacial score (nSPS) is 46.9. The largest absolute Gasteiger partial charge is 0.511 e. The number of fused-ring (bicyclic) bond motifs is 4. The fraction of sp³-hybridized carbons (Fsp3) is 0.783. The third kappa shape index (κ3) is 14.4. The van der Waals surface area contributed by atoms with Crippen LogP contribution in [0.2, 0.25) is 0 Å². The second kappa shape index (κ2) is 28.5. The Kier molecular flexibility index (Phi) is 21.9. The number of esters is 2. The highest BCUT2D eigenvalue weighted by atomic mass is 16.8. The van der Waals surface area contributed by atoms with E-state index in [1.54, 1.807) is 47.6 Å². The van der Waals surface area contributed by atoms with E-state index in [0.29, 0.717) is 44.0 Å². The van der Waals surface area contributed by atoms with Crippen LogP contribution in [0.1, 0.15) is 154 Å². The summed E-state index contributed by atoms with van der Waals surface area (Å²) in [6, 6.07) is -0.639. The van der Waals surface area contributed by atoms with Gasteiger partial charge in [-0.3, -0.25) is 14.4 Å². The van der Waals surface area contributed by atoms with Gasteiger partial charge in [0.15, 0.2) is 43.2 Å². The zero-order chi connectivity index (χ0) is 67.5. The number of aldehydes is 1. The van der Waals surface area contributed by atoms with Crippen LogP contribution in [0.15, 0.2) is 58.4 Å². The Bertz CT molecular complexity index is 2900. The van der Waals surface area contributed by atoms with Crippen molar-refractivity contribution in [3.63, 3.8) is 0 Å². The molecule has 10 aliphatic rings. The quantitative estimate of drug-likeness (QED) is 0.0347. The first-order chi connectivity index (χ1) is 43.9. The van der Waals surface area contributed by atoms with E-state index in [-0.39, 0.29) is 49.5 Å². The lowest BCUT2D eigenvalue weighted by atomic mass is 9.49. The van der Waals surface area contributed by atoms with Gasteiger partial charge in [0.25, 0.3) is 0 Å². The summed E-state index contributed by atoms with van der Waals surface area (Å²) < 4.78 is 82.6. The number of nitrogens with one attached hydrogen (secondary N) is 1. The molecule has 1 saturated carbocycles. The third-order valence-corrected chi connectivity index (χ3v) is 21.8. The topological polar surface area (TPSA) is 324 Å². The van der Waals surface area contributed by atoms with Crippen molar-refractivity contribution in [2.24, 2.45) is 52.6 Å². The molecular weight excluding hydrogens is 1210 g/mol. The number of carbonyl (C=O) groups is 5. The van der Waals surface area contributed by atoms with Crippen LogP contribution in [0.25, 0.3) is 0 Å². The molecule has 0 aromatic heterocycles. The maximum absolute atomic E-state index is 15.6. The lowest BCUT2D eigenvalue weighted by molar-refractivity contribution is -0.331. The Morgan fingerprint density at radius 2 is 1.34 bits per heavy atom. The number of amides is 1. The molecule has 0 unspecified atom stereocenters. The highest BCUT2D eigenvalue weighted by Crippen LogP contribution is 2.61. The molecule has 10 rings (SSSR count). The van der Waals surface area contributed by atoms with E-state index in [1.165, 1.54) is 13.2 Å². The van der Waals surface area contributed by atoms with Crippen LogP contribution in [0.5, 0.6) is 0 Å². The number of Topliss-reactive ketones (excluding diaryl/α,β-unsaturated/α-hetero) is 1. The molecular formula is C69H102N2O22. The Hall–Kier alpha value is -4.51. The van der Waals surface area contributed by atoms with E-state index >= 15 is 4.79 Å². The number of ketones is 1. The highest BCUT2D eigenvalue weighted by Gasteiger charge is 2.65. The molecule has 24 heteroatoms. The van der Waals surface area contributed by atoms with Gasteiger partial charge in [-0.15, -0.1) is 0 Å². The van der Waals surface area contributed by atoms with Crippen molar-refractivity contribution in [2.75, 3.05) is 7.11 Å². The van der Waals surface area contributed by atoms with Gasteiger partial charge in [-0.2, -0.15) is 0 Å². The van der Waals surface area contributed by atoms with Crippen LogP contribution in [0.3, 0.4) is 0 Å². The maximum atomic E-state index is 15.6. The molecule has 24 nitrogen and oxygen atoms in total. The molecule has 0 aromatic rings. The zero-order valence-corrected chi connectivity index (χ0v) is 56.3. The summed E-state index contributed by atoms with van der Waals surface area (Å²) in [5.74, 6) is -6.32. The second-order valence-corrected chi connectivity index (χ2v) is 29.1. The Labute approximate surface area is 545 Å². The Morgan fingerprint density at radius 3 is 2.00 bits per heavy atom. The second-order valence-electron chi connectivity index (χ2n) is 29.1. The molecule has 7 fully saturated rings. The number of aliphatic hydroxyl groups is 4. The molecule has 1 spiro atoms. The molecule has 7 N–H and O–H groups in total. The van der Waals surface area contributed by atoms with Crippen molar-refractivity contribution >= 4 is 30.1 Å². The number of allylic oxidation sites excluding steroid dienone is 3. The number of ether oxygens (including phenoxy) is 13. The smallest absolute Gasteiger partial charge is 0.407 e. The summed E-state index contributed by atoms with van der Waals surface area (Å²) in [5.41, 5.74) is 3.19. The first-order valence-electron chi connectivity index (χ1n) is 33.7. The summed E-state index contributed by atoms with van der Waals surface area (Å²) in [5, 5.41) is 49.5. The first kappa shape index (κ1) is 71.3. The maximum Gasteiger partial charge on any atom is 0.407 e. The van der Waals surface area contributed by atoms with Crippen molar-refractivity contribution < 1.29 is 106 Å². The number of aliphatic hydroxyl groups excluding tert-OH is 4. The lowest BCUT2D eigenvalue weighted by Crippen LogP contribution is -2.66. The van der Waals surface area contributed by atoms with Gasteiger partial charge >= 0.3 is 18.0 Å². The zero-order valence-electron chi connectivity index (χ0n) is 56.3. The standard InChI is InChI=1S/C69H102N2O22/c1-31(2)64(78)92-60-39(10)85-54(27-50(60)89-51-22-20-49(37(8)83-51)88-53-26-47(75)59(38(9)84-53)90-52-21-18-45(73)36(7)82-52)91-58-35(6)23-34(5)57-42(58)16-17-43-32(3)15-19-48(87-55-29-67(12,70)61(40(11)86-55)71-66(80)81-14)33(4)24-44-46(74)25-41(30-72)28-69(44)63(77)56(65(79)93-69)62(76)68(43,57)13/h15-17,24-25,30-31,34-40,42-55,57-61,73-76H,18-23,26-29,70H2,1-14H3,(H,71,80)/b32-15-,33-24?,62-56?/t34-,35+,36+,37+,38-,39+,40-,42+,43+,44+,45-,46-,47-,48+,49-,50-,51+,52-,53-,54+,55+,57-,58+,59+,60-,61+,67+,68-,69-/m1/s1. The molecule has 0 aromatic carbocycles. The molecule has 2 bridgehead atoms. The fourth-order valence-electron chi connectivity index (χ4n) is 16.9. The van der Waals surface area contributed by atoms with Crippen LogP contribution in [0.4, 0.5) is 4.79 Å². The van der Waals surface area contributed by atoms with E-state index < -0.39 is 204 Å². The Morgan fingerprint density at radius 1 is 0.710 bits per heavy atom. The van der Waals surface area contributed by atoms with Crippen LogP contribution in [0, 0.1) is 46.8 Å². The molecule has 520 valence electrons. The van der Waals surface area contributed by atoms with Crippen LogP contribution < -0.4 is 11.1 Å². The van der Waals surface area contributed by atoms with Crippen molar-refractivity contribution in [3.8, 4) is 0 Å². The molecule has 6 aliphatic heterocycles. The third-order valence-electron chi connectivity index (χ3n) is 21.8. The van der Waals surface area contributed by atoms with Crippen molar-refractivity contribution in [1.82, 2.24) is 5.32 Å². The SMILES string of the molecule is COC(=O)N[C@H]1[C@@H](C)O[C@@H](O[C@H]2C/C=C(/C)[C@@H]3C=C[C@@H]4[C@@H](O[C@H]5C[C@@H](O[C@H]6CC[C@@H](O[C@@H]7C[C@@H](O)[C@@H](O[C@@H]8CC[C@@H](O)[C@H](C)O8)[C@@H](C)O7)[C@H](C)O6)[C@H](OC(=O)C(C)C)[C@H](C)O5)[C@@H](C)C[C@@H](C)[C@H]4[C@]3(C)C(O)=C3C(=O)O[C@@]4(CC(C=O)=C[C@@H](O)[C@@H]4C=C2C)C3=O)C[C@]1(C)N. The minimum absolute atomic E-state index is 0.0475. The molecule has 1 amide bonds. The molecule has 29 atom stereocenters. The van der Waals surface area contributed by atoms with Gasteiger partial charge in [-0.1, -0.05) is 64.5 Å². The number of nitrogens with two attached hydrogens (primary N) is 1. The van der Waals surface area contributed by atoms with Gasteiger partial charge in [-0.25, -0.2) is 9.59 Å². The average molecular weight is 1310 g/mol. The van der Waals surface area contributed by atoms with Gasteiger partial charge in [0.1, 0.15) is 29.8 Å². The summed E-state index contributed by atoms with van der Waals surface area (Å²) >= 11 is 0. The predicted molar refractivity (Wildman–Crippen MR) is 332 cm³/mol. The van der Waals surface area contributed by atoms with Crippen LogP contribution >= 0.6 is 0 Å². The Balaban J connectivity index is 0.906. The number of methoxy groups -OCH3 is 1. The van der Waals surface area contributed by atoms with E-state index in [1.807, 2.05) is 46.8 Å². The van der Waals surface area contributed by atoms with Gasteiger partial charge < -0.3 is 93.1 Å². The monoisotopic (exact) mass is 1310 g/mol. The summed E-state index contributed by atoms with van der Waals surface area (Å²) in [4.78, 5) is 68.8. The number of hydrogen-bond donors (Lipinski definition) is 6. The molecule has 6 heterocycles. The van der Waals surface area contributed by atoms with Crippen molar-refractivity contribution in [1.29, 1.82) is 0 Å². The minimum Gasteiger partial charge on any atom is -0.511 e. The molecule has 6 saturated heterocycles. The van der Waals surface area contributed by atoms with Crippen molar-refractivity contribution in [2.45, 2.75) is 288 Å². The predicted octanol–water partition coefficient (Wildman–Crippen LogP) is 6.68. The first-order valence-corrected chi connectivity index (χ1v) is 33.7. The number of alkyl carbamates (subject to hydrolysis) is 1. The van der Waals surface area contributed by atoms with Gasteiger partial charge in [0.2, 0.25) is 5.78 Å². The number of carbonyl (C=O) groups excluding carboxylic acids is 5. The van der Waals surface area contributed by atoms with Crippen LogP contribution in [-0.4, -0.2) is 192 Å². The number of hydrogen-bond acceptors (Lipinski definition) is 23. The van der Waals surface area contributed by atoms with Crippen molar-refractivity contribution in [3.05, 3.63) is 58.4 Å². The fourth-order valence-corrected chi connectivity index (χ4v) is 16.9. The molecule has 93 heavy (non-hydrogen) atoms. The average Bonchev–Trinajstić information content (AvgIpc) is 1.69. The lowest BCUT2D eigenvalue weighted by Gasteiger charge is -2.56. The number of rotatable bonds is 14. The van der Waals surface area contributed by atoms with Gasteiger partial charge in [-0.05, 0) is 116 Å². The van der Waals surface area contributed by atoms with E-state index in [9.17, 15) is 39.6 Å². The van der Waals surface area contributed by atoms with Crippen LogP contribution in [-0.2, 0) is 80.8 Å². The summed E-state index contributed by atoms with van der Waals surface area (Å²) in [7, 11) is 1.26. The molecule has 4 aliphatic carbocycles. The van der Waals surface area contributed by atoms with Gasteiger partial charge in [0.05, 0.1) is 92.1 Å². The minimum atomic E-state index is -2.13.